The highest BCUT2D eigenvalue weighted by molar-refractivity contribution is 4.55. The predicted molar refractivity (Wildman–Crippen MR) is 51.0 cm³/mol. The first-order valence-corrected chi connectivity index (χ1v) is 4.98. The van der Waals surface area contributed by atoms with Crippen LogP contribution in [0.2, 0.25) is 0 Å². The van der Waals surface area contributed by atoms with Crippen LogP contribution >= 0.6 is 0 Å². The molecule has 0 aromatic heterocycles. The Morgan fingerprint density at radius 1 is 1.17 bits per heavy atom. The van der Waals surface area contributed by atoms with E-state index in [1.165, 1.54) is 19.3 Å². The third-order valence-corrected chi connectivity index (χ3v) is 2.07. The Morgan fingerprint density at radius 2 is 1.83 bits per heavy atom. The Kier molecular flexibility index (Phi) is 6.39. The molecule has 0 saturated heterocycles. The van der Waals surface area contributed by atoms with E-state index < -0.39 is 5.79 Å². The summed E-state index contributed by atoms with van der Waals surface area (Å²) in [7, 11) is 0. The average Bonchev–Trinajstić information content (AvgIpc) is 2.04. The van der Waals surface area contributed by atoms with Crippen LogP contribution in [0.5, 0.6) is 0 Å². The monoisotopic (exact) mass is 174 g/mol. The third-order valence-electron chi connectivity index (χ3n) is 2.07. The van der Waals surface area contributed by atoms with Crippen molar-refractivity contribution < 1.29 is 9.84 Å². The molecule has 0 aliphatic rings. The molecule has 1 atom stereocenters. The second kappa shape index (κ2) is 6.44. The fourth-order valence-electron chi connectivity index (χ4n) is 0.923. The Morgan fingerprint density at radius 3 is 2.33 bits per heavy atom. The minimum Gasteiger partial charge on any atom is -0.366 e. The summed E-state index contributed by atoms with van der Waals surface area (Å²) in [5, 5.41) is 9.46. The topological polar surface area (TPSA) is 29.5 Å². The molecule has 74 valence electrons. The van der Waals surface area contributed by atoms with Gasteiger partial charge >= 0.3 is 0 Å². The number of rotatable bonds is 7. The first-order chi connectivity index (χ1) is 5.62. The van der Waals surface area contributed by atoms with Gasteiger partial charge in [0.2, 0.25) is 0 Å². The lowest BCUT2D eigenvalue weighted by Crippen LogP contribution is -2.27. The molecule has 1 unspecified atom stereocenters. The maximum Gasteiger partial charge on any atom is 0.162 e. The number of hydrogen-bond acceptors (Lipinski definition) is 2. The molecule has 0 aromatic rings. The summed E-state index contributed by atoms with van der Waals surface area (Å²) in [5.74, 6) is -0.911. The summed E-state index contributed by atoms with van der Waals surface area (Å²) in [6.45, 7) is 6.50. The van der Waals surface area contributed by atoms with E-state index in [2.05, 4.69) is 6.92 Å². The van der Waals surface area contributed by atoms with Gasteiger partial charge in [0.1, 0.15) is 0 Å². The summed E-state index contributed by atoms with van der Waals surface area (Å²) >= 11 is 0. The Labute approximate surface area is 75.9 Å². The Balaban J connectivity index is 3.19. The van der Waals surface area contributed by atoms with E-state index in [-0.39, 0.29) is 0 Å². The molecule has 0 heterocycles. The van der Waals surface area contributed by atoms with E-state index >= 15 is 0 Å². The second-order valence-corrected chi connectivity index (χ2v) is 3.44. The molecule has 2 heteroatoms. The highest BCUT2D eigenvalue weighted by atomic mass is 16.6. The van der Waals surface area contributed by atoms with Gasteiger partial charge in [-0.15, -0.1) is 0 Å². The van der Waals surface area contributed by atoms with Crippen LogP contribution in [0.4, 0.5) is 0 Å². The molecule has 0 bridgehead atoms. The SMILES string of the molecule is CCCCCCOC(C)(O)CC. The number of hydrogen-bond donors (Lipinski definition) is 1. The quantitative estimate of drug-likeness (QED) is 0.475. The van der Waals surface area contributed by atoms with Gasteiger partial charge in [-0.1, -0.05) is 33.1 Å². The molecule has 1 N–H and O–H groups in total. The largest absolute Gasteiger partial charge is 0.366 e. The highest BCUT2D eigenvalue weighted by Crippen LogP contribution is 2.11. The maximum atomic E-state index is 9.46. The van der Waals surface area contributed by atoms with Gasteiger partial charge in [0.25, 0.3) is 0 Å². The van der Waals surface area contributed by atoms with Gasteiger partial charge in [-0.2, -0.15) is 0 Å². The van der Waals surface area contributed by atoms with E-state index in [4.69, 9.17) is 4.74 Å². The van der Waals surface area contributed by atoms with Crippen molar-refractivity contribution >= 4 is 0 Å². The lowest BCUT2D eigenvalue weighted by Gasteiger charge is -2.21. The van der Waals surface area contributed by atoms with Crippen LogP contribution < -0.4 is 0 Å². The highest BCUT2D eigenvalue weighted by Gasteiger charge is 2.16. The smallest absolute Gasteiger partial charge is 0.162 e. The number of unbranched alkanes of at least 4 members (excludes halogenated alkanes) is 3. The van der Waals surface area contributed by atoms with Crippen LogP contribution in [0.25, 0.3) is 0 Å². The predicted octanol–water partition coefficient (Wildman–Crippen LogP) is 2.70. The van der Waals surface area contributed by atoms with Crippen molar-refractivity contribution in [2.24, 2.45) is 0 Å². The van der Waals surface area contributed by atoms with Gasteiger partial charge in [0.15, 0.2) is 5.79 Å². The van der Waals surface area contributed by atoms with Crippen LogP contribution in [-0.4, -0.2) is 17.5 Å². The molecule has 0 fully saturated rings. The van der Waals surface area contributed by atoms with Crippen molar-refractivity contribution in [2.45, 2.75) is 58.7 Å². The van der Waals surface area contributed by atoms with Gasteiger partial charge in [-0.05, 0) is 19.8 Å². The minimum atomic E-state index is -0.911. The van der Waals surface area contributed by atoms with Gasteiger partial charge in [0.05, 0.1) is 0 Å². The molecule has 0 rings (SSSR count). The standard InChI is InChI=1S/C10H22O2/c1-4-6-7-8-9-12-10(3,11)5-2/h11H,4-9H2,1-3H3. The number of ether oxygens (including phenoxy) is 1. The van der Waals surface area contributed by atoms with E-state index in [9.17, 15) is 5.11 Å². The van der Waals surface area contributed by atoms with E-state index in [1.54, 1.807) is 6.92 Å². The molecule has 12 heavy (non-hydrogen) atoms. The van der Waals surface area contributed by atoms with Crippen LogP contribution in [0, 0.1) is 0 Å². The average molecular weight is 174 g/mol. The Hall–Kier alpha value is -0.0800. The molecule has 0 spiro atoms. The summed E-state index contributed by atoms with van der Waals surface area (Å²) < 4.78 is 5.28. The first kappa shape index (κ1) is 11.9. The Bertz CT molecular complexity index is 100. The lowest BCUT2D eigenvalue weighted by atomic mass is 10.2. The van der Waals surface area contributed by atoms with Crippen LogP contribution in [-0.2, 0) is 4.74 Å². The zero-order chi connectivity index (χ0) is 9.45. The van der Waals surface area contributed by atoms with E-state index in [1.807, 2.05) is 6.92 Å². The third kappa shape index (κ3) is 6.62. The molecule has 0 saturated carbocycles. The zero-order valence-corrected chi connectivity index (χ0v) is 8.60. The van der Waals surface area contributed by atoms with Crippen molar-refractivity contribution in [2.75, 3.05) is 6.61 Å². The summed E-state index contributed by atoms with van der Waals surface area (Å²) in [5.41, 5.74) is 0. The fourth-order valence-corrected chi connectivity index (χ4v) is 0.923. The van der Waals surface area contributed by atoms with Gasteiger partial charge in [-0.25, -0.2) is 0 Å². The van der Waals surface area contributed by atoms with Gasteiger partial charge in [-0.3, -0.25) is 0 Å². The van der Waals surface area contributed by atoms with Crippen LogP contribution in [0.3, 0.4) is 0 Å². The van der Waals surface area contributed by atoms with Gasteiger partial charge < -0.3 is 9.84 Å². The van der Waals surface area contributed by atoms with Crippen LogP contribution in [0.15, 0.2) is 0 Å². The molecule has 0 aliphatic carbocycles. The molecular weight excluding hydrogens is 152 g/mol. The molecule has 2 nitrogen and oxygen atoms in total. The van der Waals surface area contributed by atoms with Crippen molar-refractivity contribution in [3.05, 3.63) is 0 Å². The second-order valence-electron chi connectivity index (χ2n) is 3.44. The maximum absolute atomic E-state index is 9.46. The van der Waals surface area contributed by atoms with Crippen molar-refractivity contribution in [1.29, 1.82) is 0 Å². The van der Waals surface area contributed by atoms with Gasteiger partial charge in [0, 0.05) is 6.61 Å². The summed E-state index contributed by atoms with van der Waals surface area (Å²) in [6, 6.07) is 0. The van der Waals surface area contributed by atoms with E-state index in [0.717, 1.165) is 6.42 Å². The molecular formula is C10H22O2. The lowest BCUT2D eigenvalue weighted by molar-refractivity contribution is -0.191. The molecule has 0 aliphatic heterocycles. The van der Waals surface area contributed by atoms with E-state index in [0.29, 0.717) is 13.0 Å². The minimum absolute atomic E-state index is 0.654. The van der Waals surface area contributed by atoms with Crippen molar-refractivity contribution in [3.63, 3.8) is 0 Å². The first-order valence-electron chi connectivity index (χ1n) is 4.98. The van der Waals surface area contributed by atoms with Crippen molar-refractivity contribution in [1.82, 2.24) is 0 Å². The molecule has 0 radical (unpaired) electrons. The van der Waals surface area contributed by atoms with Crippen LogP contribution in [0.1, 0.15) is 52.9 Å². The summed E-state index contributed by atoms with van der Waals surface area (Å²) in [4.78, 5) is 0. The fraction of sp³-hybridized carbons (Fsp3) is 1.00. The molecule has 0 amide bonds. The molecule has 0 aromatic carbocycles. The number of aliphatic hydroxyl groups is 1. The zero-order valence-electron chi connectivity index (χ0n) is 8.60. The van der Waals surface area contributed by atoms with Crippen molar-refractivity contribution in [3.8, 4) is 0 Å². The summed E-state index contributed by atoms with van der Waals surface area (Å²) in [6.07, 6.45) is 5.42. The normalized spacial score (nSPS) is 16.0.